The van der Waals surface area contributed by atoms with Gasteiger partial charge in [-0.1, -0.05) is 11.6 Å². The number of piperazine rings is 1. The second-order valence-electron chi connectivity index (χ2n) is 6.25. The molecule has 0 bridgehead atoms. The van der Waals surface area contributed by atoms with Gasteiger partial charge in [0.25, 0.3) is 0 Å². The molecule has 0 aliphatic carbocycles. The van der Waals surface area contributed by atoms with E-state index in [0.717, 1.165) is 13.1 Å². The zero-order valence-electron chi connectivity index (χ0n) is 12.6. The number of hydrogen-bond acceptors (Lipinski definition) is 4. The fourth-order valence-corrected chi connectivity index (χ4v) is 4.11. The first-order chi connectivity index (χ1) is 9.62. The van der Waals surface area contributed by atoms with Crippen LogP contribution < -0.4 is 5.73 Å². The molecule has 1 aliphatic heterocycles. The van der Waals surface area contributed by atoms with Gasteiger partial charge in [-0.3, -0.25) is 4.90 Å². The normalized spacial score (nSPS) is 18.9. The summed E-state index contributed by atoms with van der Waals surface area (Å²) in [7, 11) is -3.50. The Balaban J connectivity index is 2.17. The van der Waals surface area contributed by atoms with Crippen LogP contribution in [0.4, 0.5) is 5.69 Å². The molecular formula is C14H22ClN3O2S. The predicted molar refractivity (Wildman–Crippen MR) is 85.9 cm³/mol. The number of halogens is 1. The van der Waals surface area contributed by atoms with Crippen LogP contribution in [0, 0.1) is 0 Å². The summed E-state index contributed by atoms with van der Waals surface area (Å²) >= 11 is 5.93. The van der Waals surface area contributed by atoms with Crippen LogP contribution in [0.5, 0.6) is 0 Å². The van der Waals surface area contributed by atoms with Crippen LogP contribution in [0.15, 0.2) is 23.1 Å². The second-order valence-corrected chi connectivity index (χ2v) is 8.59. The van der Waals surface area contributed by atoms with Crippen molar-refractivity contribution in [3.05, 3.63) is 23.2 Å². The van der Waals surface area contributed by atoms with Crippen LogP contribution in [0.1, 0.15) is 20.8 Å². The molecule has 21 heavy (non-hydrogen) atoms. The second kappa shape index (κ2) is 5.76. The zero-order valence-corrected chi connectivity index (χ0v) is 14.2. The van der Waals surface area contributed by atoms with Crippen LogP contribution in [-0.4, -0.2) is 49.3 Å². The molecule has 1 heterocycles. The van der Waals surface area contributed by atoms with E-state index >= 15 is 0 Å². The van der Waals surface area contributed by atoms with Gasteiger partial charge in [0.15, 0.2) is 0 Å². The number of nitrogens with two attached hydrogens (primary N) is 1. The van der Waals surface area contributed by atoms with E-state index < -0.39 is 10.0 Å². The summed E-state index contributed by atoms with van der Waals surface area (Å²) in [6.07, 6.45) is 0. The van der Waals surface area contributed by atoms with Crippen LogP contribution in [-0.2, 0) is 10.0 Å². The number of hydrogen-bond donors (Lipinski definition) is 1. The minimum atomic E-state index is -3.50. The average Bonchev–Trinajstić information content (AvgIpc) is 2.41. The lowest BCUT2D eigenvalue weighted by molar-refractivity contribution is 0.0922. The van der Waals surface area contributed by atoms with Crippen molar-refractivity contribution in [2.75, 3.05) is 31.9 Å². The van der Waals surface area contributed by atoms with Crippen molar-refractivity contribution in [2.24, 2.45) is 0 Å². The Morgan fingerprint density at radius 2 is 1.71 bits per heavy atom. The lowest BCUT2D eigenvalue weighted by Gasteiger charge is -2.41. The smallest absolute Gasteiger partial charge is 0.243 e. The van der Waals surface area contributed by atoms with Gasteiger partial charge in [0.2, 0.25) is 10.0 Å². The van der Waals surface area contributed by atoms with Crippen molar-refractivity contribution in [3.8, 4) is 0 Å². The summed E-state index contributed by atoms with van der Waals surface area (Å²) in [6, 6.07) is 4.45. The monoisotopic (exact) mass is 331 g/mol. The summed E-state index contributed by atoms with van der Waals surface area (Å²) in [5, 5.41) is 0.268. The Bertz CT molecular complexity index is 618. The van der Waals surface area contributed by atoms with Crippen molar-refractivity contribution in [1.82, 2.24) is 9.21 Å². The van der Waals surface area contributed by atoms with E-state index in [1.807, 2.05) is 0 Å². The zero-order chi connectivity index (χ0) is 15.8. The third-order valence-corrected chi connectivity index (χ3v) is 6.02. The van der Waals surface area contributed by atoms with E-state index in [2.05, 4.69) is 25.7 Å². The third kappa shape index (κ3) is 3.51. The minimum Gasteiger partial charge on any atom is -0.398 e. The average molecular weight is 332 g/mol. The van der Waals surface area contributed by atoms with E-state index in [1.54, 1.807) is 0 Å². The van der Waals surface area contributed by atoms with Crippen LogP contribution >= 0.6 is 11.6 Å². The summed E-state index contributed by atoms with van der Waals surface area (Å²) in [5.41, 5.74) is 6.07. The third-order valence-electron chi connectivity index (χ3n) is 3.80. The van der Waals surface area contributed by atoms with Crippen LogP contribution in [0.25, 0.3) is 0 Å². The number of rotatable bonds is 2. The highest BCUT2D eigenvalue weighted by Gasteiger charge is 2.32. The number of benzene rings is 1. The first-order valence-electron chi connectivity index (χ1n) is 6.92. The highest BCUT2D eigenvalue weighted by molar-refractivity contribution is 7.89. The Labute approximate surface area is 131 Å². The molecule has 0 amide bonds. The first-order valence-corrected chi connectivity index (χ1v) is 8.74. The maximum absolute atomic E-state index is 12.6. The molecule has 5 nitrogen and oxygen atoms in total. The SMILES string of the molecule is CC(C)(C)N1CCN(S(=O)(=O)c2ccc(N)c(Cl)c2)CC1. The highest BCUT2D eigenvalue weighted by atomic mass is 35.5. The molecule has 0 saturated carbocycles. The molecule has 1 saturated heterocycles. The van der Waals surface area contributed by atoms with Crippen molar-refractivity contribution < 1.29 is 8.42 Å². The molecular weight excluding hydrogens is 310 g/mol. The number of nitrogen functional groups attached to an aromatic ring is 1. The van der Waals surface area contributed by atoms with Gasteiger partial charge in [0, 0.05) is 31.7 Å². The maximum atomic E-state index is 12.6. The van der Waals surface area contributed by atoms with Gasteiger partial charge in [-0.05, 0) is 39.0 Å². The van der Waals surface area contributed by atoms with Crippen molar-refractivity contribution in [3.63, 3.8) is 0 Å². The minimum absolute atomic E-state index is 0.0559. The van der Waals surface area contributed by atoms with E-state index in [9.17, 15) is 8.42 Å². The van der Waals surface area contributed by atoms with Gasteiger partial charge < -0.3 is 5.73 Å². The van der Waals surface area contributed by atoms with Gasteiger partial charge in [0.05, 0.1) is 15.6 Å². The number of nitrogens with zero attached hydrogens (tertiary/aromatic N) is 2. The molecule has 0 aromatic heterocycles. The van der Waals surface area contributed by atoms with Crippen LogP contribution in [0.3, 0.4) is 0 Å². The van der Waals surface area contributed by atoms with E-state index in [0.29, 0.717) is 18.8 Å². The van der Waals surface area contributed by atoms with E-state index in [1.165, 1.54) is 22.5 Å². The fourth-order valence-electron chi connectivity index (χ4n) is 2.42. The van der Waals surface area contributed by atoms with Crippen molar-refractivity contribution in [1.29, 1.82) is 0 Å². The van der Waals surface area contributed by atoms with E-state index in [-0.39, 0.29) is 15.5 Å². The van der Waals surface area contributed by atoms with Gasteiger partial charge in [0.1, 0.15) is 0 Å². The molecule has 1 aromatic carbocycles. The van der Waals surface area contributed by atoms with E-state index in [4.69, 9.17) is 17.3 Å². The molecule has 118 valence electrons. The molecule has 2 N–H and O–H groups in total. The molecule has 7 heteroatoms. The summed E-state index contributed by atoms with van der Waals surface area (Å²) in [4.78, 5) is 2.49. The number of anilines is 1. The molecule has 0 unspecified atom stereocenters. The Hall–Kier alpha value is -0.820. The summed E-state index contributed by atoms with van der Waals surface area (Å²) < 4.78 is 26.7. The molecule has 0 radical (unpaired) electrons. The van der Waals surface area contributed by atoms with Crippen molar-refractivity contribution >= 4 is 27.3 Å². The standard InChI is InChI=1S/C14H22ClN3O2S/c1-14(2,3)17-6-8-18(9-7-17)21(19,20)11-4-5-13(16)12(15)10-11/h4-5,10H,6-9,16H2,1-3H3. The van der Waals surface area contributed by atoms with Crippen LogP contribution in [0.2, 0.25) is 5.02 Å². The Kier molecular flexibility index (Phi) is 4.54. The molecule has 2 rings (SSSR count). The Morgan fingerprint density at radius 1 is 1.14 bits per heavy atom. The quantitative estimate of drug-likeness (QED) is 0.842. The highest BCUT2D eigenvalue weighted by Crippen LogP contribution is 2.26. The topological polar surface area (TPSA) is 66.6 Å². The molecule has 1 fully saturated rings. The molecule has 0 spiro atoms. The van der Waals surface area contributed by atoms with Gasteiger partial charge in [-0.2, -0.15) is 4.31 Å². The Morgan fingerprint density at radius 3 is 2.19 bits per heavy atom. The lowest BCUT2D eigenvalue weighted by Crippen LogP contribution is -2.54. The van der Waals surface area contributed by atoms with Gasteiger partial charge in [-0.15, -0.1) is 0 Å². The summed E-state index contributed by atoms with van der Waals surface area (Å²) in [5.74, 6) is 0. The van der Waals surface area contributed by atoms with Gasteiger partial charge in [-0.25, -0.2) is 8.42 Å². The molecule has 1 aromatic rings. The first kappa shape index (κ1) is 16.5. The lowest BCUT2D eigenvalue weighted by atomic mass is 10.1. The molecule has 1 aliphatic rings. The summed E-state index contributed by atoms with van der Waals surface area (Å²) in [6.45, 7) is 8.84. The maximum Gasteiger partial charge on any atom is 0.243 e. The van der Waals surface area contributed by atoms with Gasteiger partial charge >= 0.3 is 0 Å². The molecule has 0 atom stereocenters. The largest absolute Gasteiger partial charge is 0.398 e. The fraction of sp³-hybridized carbons (Fsp3) is 0.571. The number of sulfonamides is 1. The predicted octanol–water partition coefficient (Wildman–Crippen LogP) is 2.03. The van der Waals surface area contributed by atoms with Crippen molar-refractivity contribution in [2.45, 2.75) is 31.2 Å².